The molecular formula is C16H16F2N2OS. The first-order valence-corrected chi connectivity index (χ1v) is 8.09. The van der Waals surface area contributed by atoms with Crippen molar-refractivity contribution in [2.75, 3.05) is 18.4 Å². The van der Waals surface area contributed by atoms with Crippen LogP contribution in [0, 0.1) is 11.6 Å². The zero-order valence-corrected chi connectivity index (χ0v) is 12.7. The number of thiophene rings is 1. The first-order valence-electron chi connectivity index (χ1n) is 7.14. The average molecular weight is 322 g/mol. The summed E-state index contributed by atoms with van der Waals surface area (Å²) in [5, 5.41) is 6.76. The third-order valence-electron chi connectivity index (χ3n) is 3.84. The van der Waals surface area contributed by atoms with Gasteiger partial charge in [-0.3, -0.25) is 9.69 Å². The van der Waals surface area contributed by atoms with Crippen LogP contribution in [-0.4, -0.2) is 23.9 Å². The van der Waals surface area contributed by atoms with E-state index in [0.717, 1.165) is 31.5 Å². The molecule has 1 fully saturated rings. The molecule has 2 aromatic rings. The molecule has 0 aliphatic carbocycles. The number of anilines is 1. The van der Waals surface area contributed by atoms with E-state index in [1.165, 1.54) is 11.6 Å². The van der Waals surface area contributed by atoms with Gasteiger partial charge in [-0.2, -0.15) is 11.3 Å². The number of nitrogens with zero attached hydrogens (tertiary/aromatic N) is 1. The Morgan fingerprint density at radius 3 is 2.91 bits per heavy atom. The molecule has 3 nitrogen and oxygen atoms in total. The lowest BCUT2D eigenvalue weighted by molar-refractivity contribution is -0.117. The number of halogens is 2. The van der Waals surface area contributed by atoms with Gasteiger partial charge < -0.3 is 5.32 Å². The van der Waals surface area contributed by atoms with E-state index in [1.807, 2.05) is 5.38 Å². The van der Waals surface area contributed by atoms with Gasteiger partial charge in [0.05, 0.1) is 6.54 Å². The molecule has 6 heteroatoms. The van der Waals surface area contributed by atoms with Crippen LogP contribution in [0.25, 0.3) is 0 Å². The van der Waals surface area contributed by atoms with Crippen LogP contribution in [0.5, 0.6) is 0 Å². The lowest BCUT2D eigenvalue weighted by Gasteiger charge is -2.23. The molecule has 0 bridgehead atoms. The summed E-state index contributed by atoms with van der Waals surface area (Å²) in [4.78, 5) is 14.2. The van der Waals surface area contributed by atoms with Crippen LogP contribution in [0.2, 0.25) is 0 Å². The maximum Gasteiger partial charge on any atom is 0.238 e. The fraction of sp³-hybridized carbons (Fsp3) is 0.312. The summed E-state index contributed by atoms with van der Waals surface area (Å²) in [5.41, 5.74) is 1.51. The molecule has 22 heavy (non-hydrogen) atoms. The van der Waals surface area contributed by atoms with E-state index < -0.39 is 11.6 Å². The summed E-state index contributed by atoms with van der Waals surface area (Å²) in [6.45, 7) is 1.12. The van der Waals surface area contributed by atoms with Gasteiger partial charge in [0.25, 0.3) is 0 Å². The summed E-state index contributed by atoms with van der Waals surface area (Å²) in [6.07, 6.45) is 2.09. The third kappa shape index (κ3) is 3.34. The molecule has 0 saturated carbocycles. The van der Waals surface area contributed by atoms with Gasteiger partial charge in [-0.1, -0.05) is 0 Å². The zero-order valence-electron chi connectivity index (χ0n) is 11.9. The number of benzene rings is 1. The molecule has 2 heterocycles. The predicted octanol–water partition coefficient (Wildman–Crippen LogP) is 3.80. The van der Waals surface area contributed by atoms with Gasteiger partial charge in [-0.05, 0) is 53.9 Å². The molecule has 1 unspecified atom stereocenters. The van der Waals surface area contributed by atoms with Crippen LogP contribution in [0.3, 0.4) is 0 Å². The quantitative estimate of drug-likeness (QED) is 0.928. The van der Waals surface area contributed by atoms with Crippen LogP contribution in [0.1, 0.15) is 24.4 Å². The molecule has 116 valence electrons. The number of rotatable bonds is 4. The first-order chi connectivity index (χ1) is 10.6. The minimum Gasteiger partial charge on any atom is -0.325 e. The fourth-order valence-corrected chi connectivity index (χ4v) is 3.52. The van der Waals surface area contributed by atoms with E-state index in [1.54, 1.807) is 11.3 Å². The highest BCUT2D eigenvalue weighted by Gasteiger charge is 2.27. The first kappa shape index (κ1) is 15.1. The SMILES string of the molecule is O=C(CN1CCCC1c1ccsc1)Nc1ccc(F)c(F)c1. The number of carbonyl (C=O) groups excluding carboxylic acids is 1. The Morgan fingerprint density at radius 1 is 1.32 bits per heavy atom. The maximum atomic E-state index is 13.1. The number of carbonyl (C=O) groups is 1. The van der Waals surface area contributed by atoms with Gasteiger partial charge in [0, 0.05) is 17.8 Å². The highest BCUT2D eigenvalue weighted by atomic mass is 32.1. The summed E-state index contributed by atoms with van der Waals surface area (Å²) in [5.74, 6) is -2.10. The monoisotopic (exact) mass is 322 g/mol. The van der Waals surface area contributed by atoms with Crippen LogP contribution in [0.15, 0.2) is 35.0 Å². The summed E-state index contributed by atoms with van der Waals surface area (Å²) in [7, 11) is 0. The fourth-order valence-electron chi connectivity index (χ4n) is 2.82. The smallest absolute Gasteiger partial charge is 0.238 e. The van der Waals surface area contributed by atoms with E-state index in [9.17, 15) is 13.6 Å². The summed E-state index contributed by atoms with van der Waals surface area (Å²) in [6, 6.07) is 5.71. The van der Waals surface area contributed by atoms with Crippen LogP contribution >= 0.6 is 11.3 Å². The van der Waals surface area contributed by atoms with E-state index in [4.69, 9.17) is 0 Å². The van der Waals surface area contributed by atoms with Crippen molar-refractivity contribution in [3.8, 4) is 0 Å². The Bertz CT molecular complexity index is 660. The molecule has 0 spiro atoms. The molecule has 1 atom stereocenters. The molecule has 1 saturated heterocycles. The van der Waals surface area contributed by atoms with E-state index in [-0.39, 0.29) is 24.2 Å². The summed E-state index contributed by atoms with van der Waals surface area (Å²) >= 11 is 1.65. The van der Waals surface area contributed by atoms with E-state index >= 15 is 0 Å². The van der Waals surface area contributed by atoms with Crippen molar-refractivity contribution in [3.05, 3.63) is 52.2 Å². The average Bonchev–Trinajstić information content (AvgIpc) is 3.13. The second-order valence-corrected chi connectivity index (χ2v) is 6.14. The molecule has 0 radical (unpaired) electrons. The number of likely N-dealkylation sites (tertiary alicyclic amines) is 1. The van der Waals surface area contributed by atoms with Gasteiger partial charge in [0.1, 0.15) is 0 Å². The molecule has 3 rings (SSSR count). The van der Waals surface area contributed by atoms with Crippen molar-refractivity contribution >= 4 is 22.9 Å². The molecule has 1 aliphatic rings. The van der Waals surface area contributed by atoms with Crippen LogP contribution in [0.4, 0.5) is 14.5 Å². The highest BCUT2D eigenvalue weighted by Crippen LogP contribution is 2.32. The lowest BCUT2D eigenvalue weighted by Crippen LogP contribution is -2.32. The Balaban J connectivity index is 1.62. The van der Waals surface area contributed by atoms with Gasteiger partial charge in [-0.15, -0.1) is 0 Å². The largest absolute Gasteiger partial charge is 0.325 e. The maximum absolute atomic E-state index is 13.1. The number of hydrogen-bond acceptors (Lipinski definition) is 3. The second-order valence-electron chi connectivity index (χ2n) is 5.36. The van der Waals surface area contributed by atoms with Gasteiger partial charge in [0.2, 0.25) is 5.91 Å². The van der Waals surface area contributed by atoms with E-state index in [2.05, 4.69) is 21.7 Å². The van der Waals surface area contributed by atoms with Crippen LogP contribution < -0.4 is 5.32 Å². The molecule has 1 N–H and O–H groups in total. The second kappa shape index (κ2) is 6.54. The van der Waals surface area contributed by atoms with Gasteiger partial charge in [-0.25, -0.2) is 8.78 Å². The Kier molecular flexibility index (Phi) is 4.49. The highest BCUT2D eigenvalue weighted by molar-refractivity contribution is 7.07. The third-order valence-corrected chi connectivity index (χ3v) is 4.54. The summed E-state index contributed by atoms with van der Waals surface area (Å²) < 4.78 is 26.0. The zero-order chi connectivity index (χ0) is 15.5. The van der Waals surface area contributed by atoms with Crippen molar-refractivity contribution < 1.29 is 13.6 Å². The Hall–Kier alpha value is -1.79. The van der Waals surface area contributed by atoms with Gasteiger partial charge >= 0.3 is 0 Å². The lowest BCUT2D eigenvalue weighted by atomic mass is 10.1. The Labute approximate surface area is 131 Å². The standard InChI is InChI=1S/C16H16F2N2OS/c17-13-4-3-12(8-14(13)18)19-16(21)9-20-6-1-2-15(20)11-5-7-22-10-11/h3-5,7-8,10,15H,1-2,6,9H2,(H,19,21). The predicted molar refractivity (Wildman–Crippen MR) is 82.9 cm³/mol. The minimum absolute atomic E-state index is 0.215. The van der Waals surface area contributed by atoms with Gasteiger partial charge in [0.15, 0.2) is 11.6 Å². The topological polar surface area (TPSA) is 32.3 Å². The van der Waals surface area contributed by atoms with Crippen molar-refractivity contribution in [1.82, 2.24) is 4.90 Å². The Morgan fingerprint density at radius 2 is 2.18 bits per heavy atom. The molecule has 1 aromatic carbocycles. The molecule has 1 amide bonds. The van der Waals surface area contributed by atoms with Crippen molar-refractivity contribution in [2.45, 2.75) is 18.9 Å². The van der Waals surface area contributed by atoms with Crippen molar-refractivity contribution in [1.29, 1.82) is 0 Å². The normalized spacial score (nSPS) is 18.5. The minimum atomic E-state index is -0.963. The molecule has 1 aliphatic heterocycles. The van der Waals surface area contributed by atoms with Crippen molar-refractivity contribution in [2.24, 2.45) is 0 Å². The number of amides is 1. The van der Waals surface area contributed by atoms with Crippen molar-refractivity contribution in [3.63, 3.8) is 0 Å². The molecule has 1 aromatic heterocycles. The van der Waals surface area contributed by atoms with Crippen LogP contribution in [-0.2, 0) is 4.79 Å². The van der Waals surface area contributed by atoms with E-state index in [0.29, 0.717) is 0 Å². The number of hydrogen-bond donors (Lipinski definition) is 1. The number of nitrogens with one attached hydrogen (secondary N) is 1. The molecular weight excluding hydrogens is 306 g/mol.